The van der Waals surface area contributed by atoms with Gasteiger partial charge < -0.3 is 0 Å². The molecule has 0 unspecified atom stereocenters. The molecule has 122 valence electrons. The minimum atomic E-state index is -0.239. The number of carbonyl (C=O) groups is 1. The van der Waals surface area contributed by atoms with Crippen LogP contribution in [0.4, 0.5) is 4.39 Å². The quantitative estimate of drug-likeness (QED) is 0.758. The maximum atomic E-state index is 13.3. The number of hydrogen-bond donors (Lipinski definition) is 0. The maximum absolute atomic E-state index is 13.3. The third-order valence-electron chi connectivity index (χ3n) is 5.99. The summed E-state index contributed by atoms with van der Waals surface area (Å²) in [6, 6.07) is 6.67. The van der Waals surface area contributed by atoms with Crippen LogP contribution in [0.25, 0.3) is 10.1 Å². The first-order valence-corrected chi connectivity index (χ1v) is 9.24. The van der Waals surface area contributed by atoms with Gasteiger partial charge in [0.1, 0.15) is 5.82 Å². The molecule has 3 aliphatic heterocycles. The van der Waals surface area contributed by atoms with Crippen LogP contribution in [0.5, 0.6) is 0 Å². The molecular weight excluding hydrogens is 309 g/mol. The zero-order valence-electron chi connectivity index (χ0n) is 13.6. The highest BCUT2D eigenvalue weighted by Gasteiger charge is 2.47. The van der Waals surface area contributed by atoms with Gasteiger partial charge in [-0.1, -0.05) is 6.07 Å². The molecule has 2 nitrogen and oxygen atoms in total. The van der Waals surface area contributed by atoms with Crippen LogP contribution in [0.2, 0.25) is 0 Å². The predicted octanol–water partition coefficient (Wildman–Crippen LogP) is 4.73. The van der Waals surface area contributed by atoms with E-state index in [-0.39, 0.29) is 17.1 Å². The average molecular weight is 331 g/mol. The molecule has 2 bridgehead atoms. The molecule has 5 rings (SSSR count). The van der Waals surface area contributed by atoms with Crippen LogP contribution in [-0.2, 0) is 0 Å². The van der Waals surface area contributed by atoms with E-state index in [1.54, 1.807) is 6.07 Å². The summed E-state index contributed by atoms with van der Waals surface area (Å²) in [6.07, 6.45) is 3.06. The Morgan fingerprint density at radius 3 is 2.74 bits per heavy atom. The van der Waals surface area contributed by atoms with Gasteiger partial charge in [-0.2, -0.15) is 0 Å². The van der Waals surface area contributed by atoms with Crippen molar-refractivity contribution >= 4 is 27.2 Å². The summed E-state index contributed by atoms with van der Waals surface area (Å²) < 4.78 is 14.2. The predicted molar refractivity (Wildman–Crippen MR) is 92.6 cm³/mol. The third kappa shape index (κ3) is 2.52. The number of thiophene rings is 1. The van der Waals surface area contributed by atoms with Crippen LogP contribution in [0.1, 0.15) is 42.8 Å². The fraction of sp³-hybridized carbons (Fsp3) is 0.526. The monoisotopic (exact) mass is 331 g/mol. The van der Waals surface area contributed by atoms with Crippen molar-refractivity contribution in [3.8, 4) is 0 Å². The topological polar surface area (TPSA) is 20.3 Å². The molecule has 0 saturated carbocycles. The van der Waals surface area contributed by atoms with Crippen molar-refractivity contribution in [2.75, 3.05) is 13.1 Å². The fourth-order valence-electron chi connectivity index (χ4n) is 4.55. The molecule has 3 saturated heterocycles. The van der Waals surface area contributed by atoms with Gasteiger partial charge in [-0.05, 0) is 75.2 Å². The van der Waals surface area contributed by atoms with E-state index in [4.69, 9.17) is 0 Å². The minimum absolute atomic E-state index is 0.111. The Hall–Kier alpha value is -1.26. The number of piperidine rings is 3. The second kappa shape index (κ2) is 5.38. The number of rotatable bonds is 3. The Bertz CT molecular complexity index is 758. The number of carbonyl (C=O) groups excluding carboxylic acids is 1. The van der Waals surface area contributed by atoms with Crippen molar-refractivity contribution in [1.29, 1.82) is 0 Å². The van der Waals surface area contributed by atoms with Crippen LogP contribution in [0.15, 0.2) is 24.3 Å². The van der Waals surface area contributed by atoms with Gasteiger partial charge in [-0.3, -0.25) is 9.69 Å². The smallest absolute Gasteiger partial charge is 0.173 e. The molecule has 3 aliphatic rings. The Morgan fingerprint density at radius 2 is 2.04 bits per heavy atom. The molecule has 1 atom stereocenters. The second-order valence-electron chi connectivity index (χ2n) is 7.50. The van der Waals surface area contributed by atoms with E-state index in [0.29, 0.717) is 18.3 Å². The zero-order chi connectivity index (χ0) is 16.2. The summed E-state index contributed by atoms with van der Waals surface area (Å²) in [5, 5.41) is 0.966. The first-order chi connectivity index (χ1) is 10.9. The van der Waals surface area contributed by atoms with Gasteiger partial charge in [0.25, 0.3) is 0 Å². The maximum Gasteiger partial charge on any atom is 0.173 e. The van der Waals surface area contributed by atoms with Gasteiger partial charge in [-0.15, -0.1) is 11.3 Å². The first kappa shape index (κ1) is 15.3. The summed E-state index contributed by atoms with van der Waals surface area (Å²) in [4.78, 5) is 16.2. The van der Waals surface area contributed by atoms with E-state index >= 15 is 0 Å². The second-order valence-corrected chi connectivity index (χ2v) is 8.59. The van der Waals surface area contributed by atoms with Crippen molar-refractivity contribution in [3.63, 3.8) is 0 Å². The van der Waals surface area contributed by atoms with Crippen LogP contribution < -0.4 is 0 Å². The molecule has 2 aromatic rings. The van der Waals surface area contributed by atoms with Gasteiger partial charge >= 0.3 is 0 Å². The van der Waals surface area contributed by atoms with Crippen LogP contribution in [-0.4, -0.2) is 29.3 Å². The Balaban J connectivity index is 1.59. The minimum Gasteiger partial charge on any atom is -0.298 e. The number of halogens is 1. The number of hydrogen-bond acceptors (Lipinski definition) is 3. The van der Waals surface area contributed by atoms with Crippen molar-refractivity contribution < 1.29 is 9.18 Å². The molecule has 1 aromatic carbocycles. The summed E-state index contributed by atoms with van der Waals surface area (Å²) in [6.45, 7) is 6.92. The Morgan fingerprint density at radius 1 is 1.30 bits per heavy atom. The van der Waals surface area contributed by atoms with Gasteiger partial charge in [0, 0.05) is 16.7 Å². The summed E-state index contributed by atoms with van der Waals surface area (Å²) in [7, 11) is 0. The van der Waals surface area contributed by atoms with Gasteiger partial charge in [-0.25, -0.2) is 4.39 Å². The van der Waals surface area contributed by atoms with E-state index in [2.05, 4.69) is 18.7 Å². The molecule has 0 N–H and O–H groups in total. The lowest BCUT2D eigenvalue weighted by Gasteiger charge is -2.56. The highest BCUT2D eigenvalue weighted by Crippen LogP contribution is 2.46. The Kier molecular flexibility index (Phi) is 3.58. The van der Waals surface area contributed by atoms with Gasteiger partial charge in [0.15, 0.2) is 5.78 Å². The molecule has 3 fully saturated rings. The summed E-state index contributed by atoms with van der Waals surface area (Å²) in [5.41, 5.74) is 0.111. The lowest BCUT2D eigenvalue weighted by atomic mass is 9.65. The molecule has 0 amide bonds. The number of fused-ring (bicyclic) bond motifs is 4. The molecule has 1 aromatic heterocycles. The number of Topliss-reactive ketones (excluding diaryl/α,β-unsaturated/α-hetero) is 1. The van der Waals surface area contributed by atoms with Gasteiger partial charge in [0.05, 0.1) is 4.88 Å². The third-order valence-corrected chi connectivity index (χ3v) is 7.13. The van der Waals surface area contributed by atoms with Crippen LogP contribution in [0.3, 0.4) is 0 Å². The lowest BCUT2D eigenvalue weighted by Crippen LogP contribution is -2.61. The van der Waals surface area contributed by atoms with Crippen molar-refractivity contribution in [2.24, 2.45) is 11.8 Å². The van der Waals surface area contributed by atoms with E-state index in [9.17, 15) is 9.18 Å². The molecule has 0 radical (unpaired) electrons. The summed E-state index contributed by atoms with van der Waals surface area (Å²) >= 11 is 1.43. The molecule has 4 heteroatoms. The molecule has 0 spiro atoms. The Labute approximate surface area is 140 Å². The molecule has 0 aliphatic carbocycles. The average Bonchev–Trinajstić information content (AvgIpc) is 2.94. The van der Waals surface area contributed by atoms with Crippen LogP contribution in [0, 0.1) is 17.7 Å². The SMILES string of the molecule is CC1(C)[C@H](CC(=O)c2cc3ccc(F)cc3s2)C2CCN1CC2. The van der Waals surface area contributed by atoms with E-state index < -0.39 is 0 Å². The fourth-order valence-corrected chi connectivity index (χ4v) is 5.58. The lowest BCUT2D eigenvalue weighted by molar-refractivity contribution is -0.0643. The van der Waals surface area contributed by atoms with E-state index in [0.717, 1.165) is 15.0 Å². The number of nitrogens with zero attached hydrogens (tertiary/aromatic N) is 1. The highest BCUT2D eigenvalue weighted by molar-refractivity contribution is 7.20. The van der Waals surface area contributed by atoms with Crippen molar-refractivity contribution in [2.45, 2.75) is 38.6 Å². The normalized spacial score (nSPS) is 29.1. The van der Waals surface area contributed by atoms with Gasteiger partial charge in [0.2, 0.25) is 0 Å². The highest BCUT2D eigenvalue weighted by atomic mass is 32.1. The van der Waals surface area contributed by atoms with Crippen molar-refractivity contribution in [3.05, 3.63) is 35.0 Å². The molecular formula is C19H22FNOS. The largest absolute Gasteiger partial charge is 0.298 e. The van der Waals surface area contributed by atoms with E-state index in [1.807, 2.05) is 6.07 Å². The number of benzene rings is 1. The zero-order valence-corrected chi connectivity index (χ0v) is 14.5. The number of ketones is 1. The standard InChI is InChI=1S/C19H22FNOS/c1-19(2)15(12-5-7-21(19)8-6-12)11-16(22)18-9-13-3-4-14(20)10-17(13)23-18/h3-4,9-10,12,15H,5-8,11H2,1-2H3/t15-/m1/s1. The molecule has 4 heterocycles. The summed E-state index contributed by atoms with van der Waals surface area (Å²) in [5.74, 6) is 1.08. The molecule has 23 heavy (non-hydrogen) atoms. The van der Waals surface area contributed by atoms with Crippen molar-refractivity contribution in [1.82, 2.24) is 4.90 Å². The van der Waals surface area contributed by atoms with Crippen LogP contribution >= 0.6 is 11.3 Å². The first-order valence-electron chi connectivity index (χ1n) is 8.42. The van der Waals surface area contributed by atoms with E-state index in [1.165, 1.54) is 49.4 Å².